The SMILES string of the molecule is Cc1cncc2cccc(NC(=O)C3CCCCC3)c12. The second kappa shape index (κ2) is 5.61. The van der Waals surface area contributed by atoms with E-state index in [1.165, 1.54) is 19.3 Å². The molecule has 3 heteroatoms. The van der Waals surface area contributed by atoms with Gasteiger partial charge in [0.1, 0.15) is 0 Å². The summed E-state index contributed by atoms with van der Waals surface area (Å²) in [6, 6.07) is 5.99. The average molecular weight is 268 g/mol. The number of pyridine rings is 1. The lowest BCUT2D eigenvalue weighted by Crippen LogP contribution is -2.24. The van der Waals surface area contributed by atoms with Gasteiger partial charge in [0.05, 0.1) is 0 Å². The maximum absolute atomic E-state index is 12.4. The van der Waals surface area contributed by atoms with Gasteiger partial charge >= 0.3 is 0 Å². The zero-order valence-corrected chi connectivity index (χ0v) is 11.9. The molecule has 1 saturated carbocycles. The van der Waals surface area contributed by atoms with E-state index in [0.717, 1.165) is 34.9 Å². The van der Waals surface area contributed by atoms with Gasteiger partial charge in [0.2, 0.25) is 5.91 Å². The van der Waals surface area contributed by atoms with Gasteiger partial charge in [-0.05, 0) is 31.4 Å². The first kappa shape index (κ1) is 13.1. The lowest BCUT2D eigenvalue weighted by Gasteiger charge is -2.21. The van der Waals surface area contributed by atoms with Gasteiger partial charge in [-0.25, -0.2) is 0 Å². The third-order valence-corrected chi connectivity index (χ3v) is 4.21. The van der Waals surface area contributed by atoms with Crippen molar-refractivity contribution >= 4 is 22.4 Å². The van der Waals surface area contributed by atoms with Crippen LogP contribution in [0.5, 0.6) is 0 Å². The molecule has 2 aromatic rings. The van der Waals surface area contributed by atoms with Crippen LogP contribution >= 0.6 is 0 Å². The summed E-state index contributed by atoms with van der Waals surface area (Å²) in [6.07, 6.45) is 9.36. The number of rotatable bonds is 2. The lowest BCUT2D eigenvalue weighted by atomic mass is 9.88. The molecule has 0 radical (unpaired) electrons. The third kappa shape index (κ3) is 2.53. The molecule has 20 heavy (non-hydrogen) atoms. The Morgan fingerprint density at radius 1 is 1.20 bits per heavy atom. The minimum atomic E-state index is 0.174. The smallest absolute Gasteiger partial charge is 0.227 e. The number of amides is 1. The van der Waals surface area contributed by atoms with E-state index in [2.05, 4.69) is 10.3 Å². The summed E-state index contributed by atoms with van der Waals surface area (Å²) in [4.78, 5) is 16.6. The summed E-state index contributed by atoms with van der Waals surface area (Å²) < 4.78 is 0. The van der Waals surface area contributed by atoms with E-state index in [1.807, 2.05) is 37.5 Å². The normalized spacial score (nSPS) is 16.2. The van der Waals surface area contributed by atoms with Crippen LogP contribution in [0.25, 0.3) is 10.8 Å². The molecule has 1 N–H and O–H groups in total. The van der Waals surface area contributed by atoms with Crippen LogP contribution in [-0.2, 0) is 4.79 Å². The molecular formula is C17H20N2O. The summed E-state index contributed by atoms with van der Waals surface area (Å²) in [5.74, 6) is 0.356. The molecule has 104 valence electrons. The van der Waals surface area contributed by atoms with Crippen LogP contribution < -0.4 is 5.32 Å². The number of nitrogens with one attached hydrogen (secondary N) is 1. The molecule has 0 bridgehead atoms. The zero-order valence-electron chi connectivity index (χ0n) is 11.9. The number of benzene rings is 1. The number of fused-ring (bicyclic) bond motifs is 1. The molecule has 1 aromatic carbocycles. The first-order valence-electron chi connectivity index (χ1n) is 7.40. The quantitative estimate of drug-likeness (QED) is 0.892. The van der Waals surface area contributed by atoms with Crippen LogP contribution in [0.15, 0.2) is 30.6 Å². The van der Waals surface area contributed by atoms with Crippen molar-refractivity contribution in [2.45, 2.75) is 39.0 Å². The number of hydrogen-bond donors (Lipinski definition) is 1. The third-order valence-electron chi connectivity index (χ3n) is 4.21. The molecule has 1 aromatic heterocycles. The number of hydrogen-bond acceptors (Lipinski definition) is 2. The fraction of sp³-hybridized carbons (Fsp3) is 0.412. The highest BCUT2D eigenvalue weighted by atomic mass is 16.1. The van der Waals surface area contributed by atoms with Crippen LogP contribution in [-0.4, -0.2) is 10.9 Å². The van der Waals surface area contributed by atoms with Gasteiger partial charge < -0.3 is 5.32 Å². The van der Waals surface area contributed by atoms with E-state index in [-0.39, 0.29) is 11.8 Å². The summed E-state index contributed by atoms with van der Waals surface area (Å²) >= 11 is 0. The van der Waals surface area contributed by atoms with Crippen LogP contribution in [0.3, 0.4) is 0 Å². The number of nitrogens with zero attached hydrogens (tertiary/aromatic N) is 1. The minimum absolute atomic E-state index is 0.174. The molecular weight excluding hydrogens is 248 g/mol. The standard InChI is InChI=1S/C17H20N2O/c1-12-10-18-11-14-8-5-9-15(16(12)14)19-17(20)13-6-3-2-4-7-13/h5,8-11,13H,2-4,6-7H2,1H3,(H,19,20). The zero-order chi connectivity index (χ0) is 13.9. The molecule has 0 aliphatic heterocycles. The van der Waals surface area contributed by atoms with E-state index < -0.39 is 0 Å². The summed E-state index contributed by atoms with van der Waals surface area (Å²) in [7, 11) is 0. The van der Waals surface area contributed by atoms with Gasteiger partial charge in [-0.1, -0.05) is 31.4 Å². The largest absolute Gasteiger partial charge is 0.325 e. The molecule has 1 fully saturated rings. The van der Waals surface area contributed by atoms with Gasteiger partial charge in [0.25, 0.3) is 0 Å². The Balaban J connectivity index is 1.89. The number of aromatic nitrogens is 1. The van der Waals surface area contributed by atoms with Gasteiger partial charge in [0, 0.05) is 34.8 Å². The molecule has 0 saturated heterocycles. The number of carbonyl (C=O) groups is 1. The predicted molar refractivity (Wildman–Crippen MR) is 81.7 cm³/mol. The Morgan fingerprint density at radius 2 is 2.00 bits per heavy atom. The Kier molecular flexibility index (Phi) is 3.68. The molecule has 1 aliphatic carbocycles. The van der Waals surface area contributed by atoms with E-state index in [4.69, 9.17) is 0 Å². The fourth-order valence-corrected chi connectivity index (χ4v) is 3.12. The maximum Gasteiger partial charge on any atom is 0.227 e. The first-order chi connectivity index (χ1) is 9.75. The molecule has 3 nitrogen and oxygen atoms in total. The second-order valence-electron chi connectivity index (χ2n) is 5.68. The Labute approximate surface area is 119 Å². The van der Waals surface area contributed by atoms with Crippen LogP contribution in [0.2, 0.25) is 0 Å². The molecule has 1 heterocycles. The van der Waals surface area contributed by atoms with Crippen LogP contribution in [0, 0.1) is 12.8 Å². The Bertz CT molecular complexity index is 625. The number of carbonyl (C=O) groups excluding carboxylic acids is 1. The van der Waals surface area contributed by atoms with Gasteiger partial charge in [-0.15, -0.1) is 0 Å². The van der Waals surface area contributed by atoms with E-state index in [1.54, 1.807) is 0 Å². The highest BCUT2D eigenvalue weighted by molar-refractivity contribution is 6.03. The molecule has 1 amide bonds. The van der Waals surface area contributed by atoms with E-state index in [0.29, 0.717) is 0 Å². The maximum atomic E-state index is 12.4. The number of anilines is 1. The van der Waals surface area contributed by atoms with Crippen molar-refractivity contribution in [1.82, 2.24) is 4.98 Å². The van der Waals surface area contributed by atoms with Crippen LogP contribution in [0.4, 0.5) is 5.69 Å². The van der Waals surface area contributed by atoms with Crippen LogP contribution in [0.1, 0.15) is 37.7 Å². The van der Waals surface area contributed by atoms with Crippen molar-refractivity contribution in [3.63, 3.8) is 0 Å². The van der Waals surface area contributed by atoms with E-state index in [9.17, 15) is 4.79 Å². The van der Waals surface area contributed by atoms with E-state index >= 15 is 0 Å². The summed E-state index contributed by atoms with van der Waals surface area (Å²) in [5, 5.41) is 5.31. The topological polar surface area (TPSA) is 42.0 Å². The first-order valence-corrected chi connectivity index (χ1v) is 7.40. The number of aryl methyl sites for hydroxylation is 1. The highest BCUT2D eigenvalue weighted by Gasteiger charge is 2.21. The molecule has 0 unspecified atom stereocenters. The van der Waals surface area contributed by atoms with Gasteiger partial charge in [-0.2, -0.15) is 0 Å². The average Bonchev–Trinajstić information content (AvgIpc) is 2.48. The Morgan fingerprint density at radius 3 is 2.80 bits per heavy atom. The molecule has 1 aliphatic rings. The highest BCUT2D eigenvalue weighted by Crippen LogP contribution is 2.29. The van der Waals surface area contributed by atoms with Crippen molar-refractivity contribution in [3.05, 3.63) is 36.2 Å². The van der Waals surface area contributed by atoms with Gasteiger partial charge in [0.15, 0.2) is 0 Å². The molecule has 3 rings (SSSR count). The summed E-state index contributed by atoms with van der Waals surface area (Å²) in [5.41, 5.74) is 2.01. The monoisotopic (exact) mass is 268 g/mol. The van der Waals surface area contributed by atoms with Crippen molar-refractivity contribution in [2.75, 3.05) is 5.32 Å². The second-order valence-corrected chi connectivity index (χ2v) is 5.68. The predicted octanol–water partition coefficient (Wildman–Crippen LogP) is 4.06. The van der Waals surface area contributed by atoms with Gasteiger partial charge in [-0.3, -0.25) is 9.78 Å². The lowest BCUT2D eigenvalue weighted by molar-refractivity contribution is -0.120. The minimum Gasteiger partial charge on any atom is -0.325 e. The molecule has 0 spiro atoms. The van der Waals surface area contributed by atoms with Crippen molar-refractivity contribution in [1.29, 1.82) is 0 Å². The summed E-state index contributed by atoms with van der Waals surface area (Å²) in [6.45, 7) is 2.03. The van der Waals surface area contributed by atoms with Crippen molar-refractivity contribution in [3.8, 4) is 0 Å². The van der Waals surface area contributed by atoms with Crippen molar-refractivity contribution < 1.29 is 4.79 Å². The van der Waals surface area contributed by atoms with Crippen molar-refractivity contribution in [2.24, 2.45) is 5.92 Å². The molecule has 0 atom stereocenters. The fourth-order valence-electron chi connectivity index (χ4n) is 3.12. The Hall–Kier alpha value is -1.90.